The van der Waals surface area contributed by atoms with Crippen LogP contribution in [0.3, 0.4) is 0 Å². The summed E-state index contributed by atoms with van der Waals surface area (Å²) in [7, 11) is 0. The van der Waals surface area contributed by atoms with E-state index >= 15 is 0 Å². The molecule has 3 rings (SSSR count). The normalized spacial score (nSPS) is 12.9. The minimum Gasteiger partial charge on any atom is -0.475 e. The van der Waals surface area contributed by atoms with Crippen molar-refractivity contribution >= 4 is 5.97 Å². The molecule has 0 saturated carbocycles. The number of halogens is 3. The number of aliphatic hydroxyl groups is 1. The van der Waals surface area contributed by atoms with E-state index in [-0.39, 0.29) is 6.04 Å². The van der Waals surface area contributed by atoms with Gasteiger partial charge in [0.1, 0.15) is 6.33 Å². The second kappa shape index (κ2) is 11.5. The van der Waals surface area contributed by atoms with E-state index in [2.05, 4.69) is 66.4 Å². The number of carboxylic acid groups (broad SMARTS) is 1. The maximum Gasteiger partial charge on any atom is 0.490 e. The molecule has 3 N–H and O–H groups in total. The number of aliphatic carboxylic acids is 1. The SMILES string of the molecule is Cc1cc(C)cc(C(O)CNC(C)c2ccc(-c3cncnc3)cc2)c1.O=C(O)C(F)(F)F. The van der Waals surface area contributed by atoms with Crippen molar-refractivity contribution in [2.24, 2.45) is 0 Å². The van der Waals surface area contributed by atoms with Crippen LogP contribution in [0.15, 0.2) is 61.2 Å². The van der Waals surface area contributed by atoms with Crippen LogP contribution in [-0.4, -0.2) is 38.9 Å². The molecule has 0 radical (unpaired) electrons. The highest BCUT2D eigenvalue weighted by molar-refractivity contribution is 5.73. The Balaban J connectivity index is 0.000000479. The van der Waals surface area contributed by atoms with Crippen LogP contribution in [0.4, 0.5) is 13.2 Å². The van der Waals surface area contributed by atoms with Crippen molar-refractivity contribution < 1.29 is 28.2 Å². The number of nitrogens with zero attached hydrogens (tertiary/aromatic N) is 2. The third-order valence-corrected chi connectivity index (χ3v) is 4.79. The van der Waals surface area contributed by atoms with Crippen LogP contribution in [0.2, 0.25) is 0 Å². The second-order valence-corrected chi connectivity index (χ2v) is 7.62. The maximum absolute atomic E-state index is 10.6. The fourth-order valence-electron chi connectivity index (χ4n) is 3.14. The Morgan fingerprint density at radius 1 is 0.970 bits per heavy atom. The summed E-state index contributed by atoms with van der Waals surface area (Å²) in [6, 6.07) is 14.7. The topological polar surface area (TPSA) is 95.3 Å². The number of aliphatic hydroxyl groups excluding tert-OH is 1. The van der Waals surface area contributed by atoms with Gasteiger partial charge in [-0.2, -0.15) is 13.2 Å². The van der Waals surface area contributed by atoms with Gasteiger partial charge < -0.3 is 15.5 Å². The van der Waals surface area contributed by atoms with E-state index < -0.39 is 18.2 Å². The number of aryl methyl sites for hydroxylation is 2. The first-order valence-electron chi connectivity index (χ1n) is 10.1. The summed E-state index contributed by atoms with van der Waals surface area (Å²) >= 11 is 0. The smallest absolute Gasteiger partial charge is 0.475 e. The summed E-state index contributed by atoms with van der Waals surface area (Å²) in [5.41, 5.74) is 6.58. The lowest BCUT2D eigenvalue weighted by atomic mass is 10.0. The summed E-state index contributed by atoms with van der Waals surface area (Å²) in [6.07, 6.45) is -0.449. The van der Waals surface area contributed by atoms with Crippen molar-refractivity contribution in [1.82, 2.24) is 15.3 Å². The average Bonchev–Trinajstić information content (AvgIpc) is 2.77. The standard InChI is InChI=1S/C22H25N3O.C2HF3O2/c1-15-8-16(2)10-20(9-15)22(26)13-25-17(3)18-4-6-19(7-5-18)21-11-23-14-24-12-21;3-2(4,5)1(6)7/h4-12,14,17,22,25-26H,13H2,1-3H3;(H,6,7). The summed E-state index contributed by atoms with van der Waals surface area (Å²) < 4.78 is 31.7. The third-order valence-electron chi connectivity index (χ3n) is 4.79. The van der Waals surface area contributed by atoms with Crippen LogP contribution in [0, 0.1) is 13.8 Å². The number of carboxylic acids is 1. The molecule has 0 amide bonds. The number of benzene rings is 2. The van der Waals surface area contributed by atoms with E-state index in [1.165, 1.54) is 23.0 Å². The van der Waals surface area contributed by atoms with Crippen molar-refractivity contribution in [2.45, 2.75) is 39.1 Å². The molecule has 176 valence electrons. The molecule has 3 aromatic rings. The number of nitrogens with one attached hydrogen (secondary N) is 1. The lowest BCUT2D eigenvalue weighted by molar-refractivity contribution is -0.192. The Morgan fingerprint density at radius 2 is 1.48 bits per heavy atom. The molecule has 0 spiro atoms. The lowest BCUT2D eigenvalue weighted by Gasteiger charge is -2.19. The molecule has 0 bridgehead atoms. The Morgan fingerprint density at radius 3 is 1.97 bits per heavy atom. The highest BCUT2D eigenvalue weighted by Gasteiger charge is 2.38. The van der Waals surface area contributed by atoms with Crippen LogP contribution in [-0.2, 0) is 4.79 Å². The van der Waals surface area contributed by atoms with E-state index in [1.807, 2.05) is 24.5 Å². The zero-order valence-corrected chi connectivity index (χ0v) is 18.5. The van der Waals surface area contributed by atoms with Gasteiger partial charge in [-0.1, -0.05) is 53.6 Å². The van der Waals surface area contributed by atoms with Gasteiger partial charge in [-0.25, -0.2) is 14.8 Å². The zero-order chi connectivity index (χ0) is 24.6. The maximum atomic E-state index is 10.6. The molecule has 33 heavy (non-hydrogen) atoms. The largest absolute Gasteiger partial charge is 0.490 e. The number of hydrogen-bond acceptors (Lipinski definition) is 5. The quantitative estimate of drug-likeness (QED) is 0.489. The molecule has 0 aliphatic rings. The summed E-state index contributed by atoms with van der Waals surface area (Å²) in [5.74, 6) is -2.76. The van der Waals surface area contributed by atoms with Gasteiger partial charge in [-0.3, -0.25) is 0 Å². The minimum atomic E-state index is -5.08. The molecule has 2 unspecified atom stereocenters. The van der Waals surface area contributed by atoms with Gasteiger partial charge in [0.25, 0.3) is 0 Å². The molecule has 9 heteroatoms. The molecule has 2 aromatic carbocycles. The van der Waals surface area contributed by atoms with E-state index in [4.69, 9.17) is 9.90 Å². The van der Waals surface area contributed by atoms with Crippen molar-refractivity contribution in [3.05, 3.63) is 83.4 Å². The molecule has 1 heterocycles. The van der Waals surface area contributed by atoms with Gasteiger partial charge in [0.15, 0.2) is 0 Å². The minimum absolute atomic E-state index is 0.150. The molecule has 1 aromatic heterocycles. The summed E-state index contributed by atoms with van der Waals surface area (Å²) in [5, 5.41) is 21.0. The predicted octanol–water partition coefficient (Wildman–Crippen LogP) is 4.78. The van der Waals surface area contributed by atoms with Gasteiger partial charge in [-0.15, -0.1) is 0 Å². The average molecular weight is 461 g/mol. The fraction of sp³-hybridized carbons (Fsp3) is 0.292. The van der Waals surface area contributed by atoms with E-state index in [0.29, 0.717) is 6.54 Å². The number of aromatic nitrogens is 2. The molecule has 2 atom stereocenters. The van der Waals surface area contributed by atoms with Gasteiger partial charge in [0.2, 0.25) is 0 Å². The van der Waals surface area contributed by atoms with Gasteiger partial charge >= 0.3 is 12.1 Å². The molecular weight excluding hydrogens is 435 g/mol. The van der Waals surface area contributed by atoms with Gasteiger partial charge in [0.05, 0.1) is 6.10 Å². The van der Waals surface area contributed by atoms with Crippen molar-refractivity contribution in [1.29, 1.82) is 0 Å². The van der Waals surface area contributed by atoms with Gasteiger partial charge in [-0.05, 0) is 37.5 Å². The highest BCUT2D eigenvalue weighted by Crippen LogP contribution is 2.22. The van der Waals surface area contributed by atoms with Crippen LogP contribution < -0.4 is 5.32 Å². The Bertz CT molecular complexity index is 1020. The molecule has 6 nitrogen and oxygen atoms in total. The highest BCUT2D eigenvalue weighted by atomic mass is 19.4. The molecule has 0 fully saturated rings. The lowest BCUT2D eigenvalue weighted by Crippen LogP contribution is -2.24. The summed E-state index contributed by atoms with van der Waals surface area (Å²) in [4.78, 5) is 17.0. The van der Waals surface area contributed by atoms with E-state index in [9.17, 15) is 18.3 Å². The van der Waals surface area contributed by atoms with E-state index in [1.54, 1.807) is 0 Å². The van der Waals surface area contributed by atoms with Gasteiger partial charge in [0, 0.05) is 30.5 Å². The van der Waals surface area contributed by atoms with Crippen LogP contribution >= 0.6 is 0 Å². The monoisotopic (exact) mass is 461 g/mol. The Labute approximate surface area is 190 Å². The zero-order valence-electron chi connectivity index (χ0n) is 18.5. The Hall–Kier alpha value is -3.30. The third kappa shape index (κ3) is 8.28. The number of carbonyl (C=O) groups is 1. The number of alkyl halides is 3. The first kappa shape index (κ1) is 26.0. The Kier molecular flexibility index (Phi) is 9.07. The molecule has 0 saturated heterocycles. The van der Waals surface area contributed by atoms with Crippen LogP contribution in [0.5, 0.6) is 0 Å². The first-order valence-corrected chi connectivity index (χ1v) is 10.1. The predicted molar refractivity (Wildman–Crippen MR) is 118 cm³/mol. The second-order valence-electron chi connectivity index (χ2n) is 7.62. The number of hydrogen-bond donors (Lipinski definition) is 3. The molecule has 0 aliphatic carbocycles. The van der Waals surface area contributed by atoms with Crippen molar-refractivity contribution in [3.63, 3.8) is 0 Å². The van der Waals surface area contributed by atoms with Crippen molar-refractivity contribution in [2.75, 3.05) is 6.54 Å². The van der Waals surface area contributed by atoms with Crippen LogP contribution in [0.1, 0.15) is 41.3 Å². The number of rotatable bonds is 6. The fourth-order valence-corrected chi connectivity index (χ4v) is 3.14. The molecule has 0 aliphatic heterocycles. The first-order chi connectivity index (χ1) is 15.5. The van der Waals surface area contributed by atoms with Crippen molar-refractivity contribution in [3.8, 4) is 11.1 Å². The van der Waals surface area contributed by atoms with E-state index in [0.717, 1.165) is 16.7 Å². The van der Waals surface area contributed by atoms with Crippen LogP contribution in [0.25, 0.3) is 11.1 Å². The summed E-state index contributed by atoms with van der Waals surface area (Å²) in [6.45, 7) is 6.73. The molecular formula is C24H26F3N3O3.